The summed E-state index contributed by atoms with van der Waals surface area (Å²) in [7, 11) is 0. The van der Waals surface area contributed by atoms with E-state index in [1.165, 1.54) is 19.3 Å². The van der Waals surface area contributed by atoms with Crippen LogP contribution in [0.4, 0.5) is 0 Å². The zero-order valence-electron chi connectivity index (χ0n) is 31.3. The summed E-state index contributed by atoms with van der Waals surface area (Å²) in [6, 6.07) is 18.2. The van der Waals surface area contributed by atoms with Gasteiger partial charge < -0.3 is 29.7 Å². The van der Waals surface area contributed by atoms with Gasteiger partial charge in [-0.25, -0.2) is 14.6 Å². The van der Waals surface area contributed by atoms with Crippen molar-refractivity contribution in [3.8, 4) is 45.5 Å². The highest BCUT2D eigenvalue weighted by Crippen LogP contribution is 2.45. The number of nitrogens with zero attached hydrogens (tertiary/aromatic N) is 5. The van der Waals surface area contributed by atoms with Gasteiger partial charge in [0.25, 0.3) is 0 Å². The van der Waals surface area contributed by atoms with Gasteiger partial charge >= 0.3 is 0 Å². The van der Waals surface area contributed by atoms with Crippen molar-refractivity contribution in [1.82, 2.24) is 25.1 Å². The number of phenolic OH excluding ortho intramolecular Hbond substituents is 2. The number of aromatic nitrogens is 4. The predicted octanol–water partition coefficient (Wildman–Crippen LogP) is 8.23. The zero-order chi connectivity index (χ0) is 37.1. The molecule has 1 aliphatic carbocycles. The van der Waals surface area contributed by atoms with E-state index in [1.54, 1.807) is 24.3 Å². The molecule has 282 valence electrons. The molecule has 5 aromatic rings. The van der Waals surface area contributed by atoms with E-state index in [4.69, 9.17) is 24.2 Å². The average molecular weight is 731 g/mol. The molecular formula is C43H50N6O5. The average Bonchev–Trinajstić information content (AvgIpc) is 3.83. The van der Waals surface area contributed by atoms with Crippen molar-refractivity contribution < 1.29 is 24.4 Å². The molecule has 11 nitrogen and oxygen atoms in total. The van der Waals surface area contributed by atoms with E-state index in [-0.39, 0.29) is 23.1 Å². The fourth-order valence-corrected chi connectivity index (χ4v) is 7.65. The predicted molar refractivity (Wildman–Crippen MR) is 209 cm³/mol. The van der Waals surface area contributed by atoms with Crippen molar-refractivity contribution in [2.45, 2.75) is 78.0 Å². The molecule has 0 spiro atoms. The third kappa shape index (κ3) is 7.39. The van der Waals surface area contributed by atoms with Crippen LogP contribution < -0.4 is 14.8 Å². The Morgan fingerprint density at radius 3 is 2.06 bits per heavy atom. The molecule has 54 heavy (non-hydrogen) atoms. The van der Waals surface area contributed by atoms with Crippen LogP contribution in [-0.4, -0.2) is 69.1 Å². The lowest BCUT2D eigenvalue weighted by molar-refractivity contribution is -0.0370. The topological polar surface area (TPSA) is 136 Å². The summed E-state index contributed by atoms with van der Waals surface area (Å²) in [4.78, 5) is 14.0. The molecule has 11 heteroatoms. The minimum absolute atomic E-state index is 0.0831. The van der Waals surface area contributed by atoms with Crippen LogP contribution in [0.25, 0.3) is 33.5 Å². The molecule has 3 fully saturated rings. The molecule has 1 saturated carbocycles. The lowest BCUT2D eigenvalue weighted by Crippen LogP contribution is -2.56. The molecule has 1 unspecified atom stereocenters. The van der Waals surface area contributed by atoms with Gasteiger partial charge in [-0.15, -0.1) is 0 Å². The maximum absolute atomic E-state index is 9.67. The number of fused-ring (bicyclic) bond motifs is 2. The van der Waals surface area contributed by atoms with Crippen molar-refractivity contribution in [3.63, 3.8) is 0 Å². The number of hydrogen-bond donors (Lipinski definition) is 3. The van der Waals surface area contributed by atoms with Crippen molar-refractivity contribution >= 4 is 17.2 Å². The van der Waals surface area contributed by atoms with Crippen LogP contribution in [0.2, 0.25) is 0 Å². The van der Waals surface area contributed by atoms with Gasteiger partial charge in [0.15, 0.2) is 11.9 Å². The lowest BCUT2D eigenvalue weighted by atomic mass is 9.68. The number of rotatable bonds is 11. The van der Waals surface area contributed by atoms with Crippen LogP contribution >= 0.6 is 0 Å². The highest BCUT2D eigenvalue weighted by molar-refractivity contribution is 5.88. The molecule has 3 N–H and O–H groups in total. The van der Waals surface area contributed by atoms with Gasteiger partial charge in [0, 0.05) is 60.0 Å². The Bertz CT molecular complexity index is 2090. The Hall–Kier alpha value is -5.00. The fraction of sp³-hybridized carbons (Fsp3) is 0.442. The summed E-state index contributed by atoms with van der Waals surface area (Å²) >= 11 is 0. The van der Waals surface area contributed by atoms with Crippen LogP contribution in [0.15, 0.2) is 71.9 Å². The van der Waals surface area contributed by atoms with Crippen molar-refractivity contribution in [3.05, 3.63) is 78.1 Å². The Labute approximate surface area is 316 Å². The second-order valence-electron chi connectivity index (χ2n) is 15.3. The Kier molecular flexibility index (Phi) is 10.3. The standard InChI is InChI=1S/C24H29N3O3.C19H21N3O2/c1-2-24(11-5-12-24)16-30-21-14-20(17-7-9-18(28)10-8-17)26-23-19(21)15-25-27(23)22-6-3-4-13-29-22;1-2-19(10-21-11-19)12-24-18-7-16(13-3-5-14(23)6-4-13)22-17-9-20-8-15(17)18/h7-10,14-15,22,28H,2-6,11-13,16H2,1H3;3-8,21,23H,2,9-12H2,1H3. The summed E-state index contributed by atoms with van der Waals surface area (Å²) in [5, 5.41) is 28.1. The summed E-state index contributed by atoms with van der Waals surface area (Å²) in [5.41, 5.74) is 6.85. The Morgan fingerprint density at radius 1 is 0.815 bits per heavy atom. The smallest absolute Gasteiger partial charge is 0.164 e. The first-order valence-corrected chi connectivity index (χ1v) is 19.5. The number of pyridine rings is 2. The number of nitrogens with one attached hydrogen (secondary N) is 1. The number of phenols is 2. The van der Waals surface area contributed by atoms with Gasteiger partial charge in [-0.2, -0.15) is 5.10 Å². The van der Waals surface area contributed by atoms with Crippen LogP contribution in [0.5, 0.6) is 23.0 Å². The molecule has 0 radical (unpaired) electrons. The second kappa shape index (κ2) is 15.4. The van der Waals surface area contributed by atoms with Crippen LogP contribution in [-0.2, 0) is 11.3 Å². The summed E-state index contributed by atoms with van der Waals surface area (Å²) < 4.78 is 20.5. The van der Waals surface area contributed by atoms with Crippen LogP contribution in [0.3, 0.4) is 0 Å². The van der Waals surface area contributed by atoms with E-state index in [0.29, 0.717) is 18.6 Å². The first-order chi connectivity index (χ1) is 26.4. The maximum atomic E-state index is 9.67. The number of aliphatic imine (C=N–C) groups is 1. The summed E-state index contributed by atoms with van der Waals surface area (Å²) in [6.07, 6.45) is 12.8. The molecule has 2 aromatic carbocycles. The molecule has 6 heterocycles. The van der Waals surface area contributed by atoms with Gasteiger partial charge in [-0.3, -0.25) is 4.99 Å². The molecule has 2 saturated heterocycles. The highest BCUT2D eigenvalue weighted by atomic mass is 16.5. The molecule has 3 aromatic heterocycles. The molecule has 0 amide bonds. The summed E-state index contributed by atoms with van der Waals surface area (Å²) in [6.45, 7) is 9.27. The monoisotopic (exact) mass is 730 g/mol. The minimum atomic E-state index is -0.0831. The first kappa shape index (κ1) is 36.0. The zero-order valence-corrected chi connectivity index (χ0v) is 31.3. The minimum Gasteiger partial charge on any atom is -0.508 e. The van der Waals surface area contributed by atoms with Gasteiger partial charge in [0.1, 0.15) is 23.0 Å². The third-order valence-electron chi connectivity index (χ3n) is 11.8. The largest absolute Gasteiger partial charge is 0.508 e. The van der Waals surface area contributed by atoms with E-state index in [2.05, 4.69) is 29.3 Å². The molecule has 3 aliphatic heterocycles. The van der Waals surface area contributed by atoms with Crippen molar-refractivity contribution in [1.29, 1.82) is 0 Å². The van der Waals surface area contributed by atoms with E-state index < -0.39 is 0 Å². The fourth-order valence-electron chi connectivity index (χ4n) is 7.65. The number of hydrogen-bond acceptors (Lipinski definition) is 10. The van der Waals surface area contributed by atoms with Crippen molar-refractivity contribution in [2.75, 3.05) is 32.9 Å². The maximum Gasteiger partial charge on any atom is 0.164 e. The molecule has 4 aliphatic rings. The molecule has 9 rings (SSSR count). The van der Waals surface area contributed by atoms with E-state index in [0.717, 1.165) is 115 Å². The van der Waals surface area contributed by atoms with Crippen LogP contribution in [0.1, 0.15) is 82.7 Å². The molecule has 0 bridgehead atoms. The van der Waals surface area contributed by atoms with Gasteiger partial charge in [-0.05, 0) is 93.5 Å². The van der Waals surface area contributed by atoms with Gasteiger partial charge in [0.2, 0.25) is 0 Å². The third-order valence-corrected chi connectivity index (χ3v) is 11.8. The SMILES string of the molecule is CCC1(COc2cc(-c3ccc(O)cc3)nc3c2C=NC3)CNC1.CCC1(COc2cc(-c3ccc(O)cc3)nc3c2cnn3C2CCCCO2)CCC1. The summed E-state index contributed by atoms with van der Waals surface area (Å²) in [5.74, 6) is 2.17. The second-order valence-corrected chi connectivity index (χ2v) is 15.3. The van der Waals surface area contributed by atoms with Crippen LogP contribution in [0, 0.1) is 10.8 Å². The lowest BCUT2D eigenvalue weighted by Gasteiger charge is -2.41. The van der Waals surface area contributed by atoms with E-state index in [1.807, 2.05) is 53.5 Å². The number of aromatic hydroxyl groups is 2. The van der Waals surface area contributed by atoms with E-state index >= 15 is 0 Å². The van der Waals surface area contributed by atoms with Gasteiger partial charge in [0.05, 0.1) is 54.0 Å². The molecular weight excluding hydrogens is 681 g/mol. The van der Waals surface area contributed by atoms with Gasteiger partial charge in [-0.1, -0.05) is 20.3 Å². The Morgan fingerprint density at radius 2 is 1.46 bits per heavy atom. The normalized spacial score (nSPS) is 19.3. The van der Waals surface area contributed by atoms with Crippen molar-refractivity contribution in [2.24, 2.45) is 15.8 Å². The highest BCUT2D eigenvalue weighted by Gasteiger charge is 2.37. The van der Waals surface area contributed by atoms with E-state index in [9.17, 15) is 10.2 Å². The number of ether oxygens (including phenoxy) is 3. The Balaban J connectivity index is 0.000000157. The number of benzene rings is 2. The first-order valence-electron chi connectivity index (χ1n) is 19.5. The molecule has 1 atom stereocenters. The quantitative estimate of drug-likeness (QED) is 0.123.